The van der Waals surface area contributed by atoms with Crippen LogP contribution in [0.3, 0.4) is 0 Å². The smallest absolute Gasteiger partial charge is 0.150 e. The Labute approximate surface area is 97.1 Å². The average Bonchev–Trinajstić information content (AvgIpc) is 2.73. The highest BCUT2D eigenvalue weighted by Crippen LogP contribution is 2.22. The molecular formula is C12H11F2N3. The second-order valence-electron chi connectivity index (χ2n) is 4.01. The summed E-state index contributed by atoms with van der Waals surface area (Å²) in [6.45, 7) is 1.45. The summed E-state index contributed by atoms with van der Waals surface area (Å²) in [6, 6.07) is 3.87. The summed E-state index contributed by atoms with van der Waals surface area (Å²) in [7, 11) is 0. The van der Waals surface area contributed by atoms with Gasteiger partial charge in [0.2, 0.25) is 0 Å². The summed E-state index contributed by atoms with van der Waals surface area (Å²) < 4.78 is 28.9. The van der Waals surface area contributed by atoms with Crippen LogP contribution in [0, 0.1) is 11.6 Å². The van der Waals surface area contributed by atoms with E-state index in [4.69, 9.17) is 0 Å². The van der Waals surface area contributed by atoms with Crippen molar-refractivity contribution in [2.75, 3.05) is 6.54 Å². The van der Waals surface area contributed by atoms with Crippen LogP contribution in [0.1, 0.15) is 11.4 Å². The van der Waals surface area contributed by atoms with E-state index in [0.717, 1.165) is 24.4 Å². The number of para-hydroxylation sites is 1. The molecule has 0 saturated heterocycles. The highest BCUT2D eigenvalue weighted by atomic mass is 19.1. The van der Waals surface area contributed by atoms with Gasteiger partial charge in [0.25, 0.3) is 0 Å². The number of fused-ring (bicyclic) bond motifs is 1. The summed E-state index contributed by atoms with van der Waals surface area (Å²) in [5, 5.41) is 3.17. The molecule has 1 aromatic heterocycles. The third-order valence-corrected chi connectivity index (χ3v) is 2.96. The lowest BCUT2D eigenvalue weighted by Gasteiger charge is -2.15. The number of rotatable bonds is 1. The fourth-order valence-corrected chi connectivity index (χ4v) is 2.15. The molecule has 0 atom stereocenters. The van der Waals surface area contributed by atoms with Crippen molar-refractivity contribution in [2.24, 2.45) is 0 Å². The summed E-state index contributed by atoms with van der Waals surface area (Å²) in [5.74, 6) is -1.13. The lowest BCUT2D eigenvalue weighted by Crippen LogP contribution is -2.25. The van der Waals surface area contributed by atoms with Gasteiger partial charge in [-0.2, -0.15) is 0 Å². The van der Waals surface area contributed by atoms with Gasteiger partial charge in [0.15, 0.2) is 0 Å². The van der Waals surface area contributed by atoms with Crippen molar-refractivity contribution in [3.8, 4) is 5.69 Å². The van der Waals surface area contributed by atoms with Crippen molar-refractivity contribution in [1.82, 2.24) is 14.9 Å². The van der Waals surface area contributed by atoms with Crippen LogP contribution in [0.5, 0.6) is 0 Å². The third-order valence-electron chi connectivity index (χ3n) is 2.96. The molecule has 0 unspecified atom stereocenters. The molecule has 0 bridgehead atoms. The van der Waals surface area contributed by atoms with Gasteiger partial charge < -0.3 is 5.32 Å². The van der Waals surface area contributed by atoms with E-state index in [1.165, 1.54) is 29.1 Å². The molecule has 0 amide bonds. The molecule has 0 fully saturated rings. The second-order valence-corrected chi connectivity index (χ2v) is 4.01. The van der Waals surface area contributed by atoms with E-state index >= 15 is 0 Å². The van der Waals surface area contributed by atoms with Gasteiger partial charge in [-0.15, -0.1) is 0 Å². The average molecular weight is 235 g/mol. The Kier molecular flexibility index (Phi) is 2.40. The van der Waals surface area contributed by atoms with Crippen molar-refractivity contribution >= 4 is 0 Å². The van der Waals surface area contributed by atoms with Gasteiger partial charge in [-0.25, -0.2) is 13.8 Å². The molecular weight excluding hydrogens is 224 g/mol. The standard InChI is InChI=1S/C12H11F2N3/c13-8-2-1-3-9(14)12(8)17-7-16-10-6-15-5-4-11(10)17/h1-3,7,15H,4-6H2. The van der Waals surface area contributed by atoms with Crippen molar-refractivity contribution in [3.05, 3.63) is 47.5 Å². The molecule has 1 aliphatic heterocycles. The zero-order valence-corrected chi connectivity index (χ0v) is 9.08. The van der Waals surface area contributed by atoms with E-state index in [1.54, 1.807) is 0 Å². The van der Waals surface area contributed by atoms with Gasteiger partial charge in [0.1, 0.15) is 17.3 Å². The fraction of sp³-hybridized carbons (Fsp3) is 0.250. The van der Waals surface area contributed by atoms with Gasteiger partial charge in [0, 0.05) is 25.2 Å². The number of benzene rings is 1. The first-order chi connectivity index (χ1) is 8.27. The first kappa shape index (κ1) is 10.4. The van der Waals surface area contributed by atoms with Crippen LogP contribution in [0.15, 0.2) is 24.5 Å². The molecule has 1 aliphatic rings. The summed E-state index contributed by atoms with van der Waals surface area (Å²) >= 11 is 0. The number of aromatic nitrogens is 2. The maximum atomic E-state index is 13.7. The second kappa shape index (κ2) is 3.92. The van der Waals surface area contributed by atoms with Gasteiger partial charge in [0.05, 0.1) is 12.0 Å². The summed E-state index contributed by atoms with van der Waals surface area (Å²) in [6.07, 6.45) is 2.21. The van der Waals surface area contributed by atoms with Crippen LogP contribution in [0.4, 0.5) is 8.78 Å². The molecule has 3 rings (SSSR count). The van der Waals surface area contributed by atoms with Gasteiger partial charge in [-0.05, 0) is 12.1 Å². The molecule has 3 nitrogen and oxygen atoms in total. The number of hydrogen-bond donors (Lipinski definition) is 1. The number of nitrogens with one attached hydrogen (secondary N) is 1. The Balaban J connectivity index is 2.19. The van der Waals surface area contributed by atoms with Gasteiger partial charge in [-0.3, -0.25) is 4.57 Å². The van der Waals surface area contributed by atoms with Crippen molar-refractivity contribution in [2.45, 2.75) is 13.0 Å². The van der Waals surface area contributed by atoms with E-state index in [9.17, 15) is 8.78 Å². The minimum atomic E-state index is -0.566. The van der Waals surface area contributed by atoms with Crippen LogP contribution in [0.2, 0.25) is 0 Å². The highest BCUT2D eigenvalue weighted by Gasteiger charge is 2.19. The summed E-state index contributed by atoms with van der Waals surface area (Å²) in [5.41, 5.74) is 1.70. The van der Waals surface area contributed by atoms with Gasteiger partial charge >= 0.3 is 0 Å². The monoisotopic (exact) mass is 235 g/mol. The molecule has 0 saturated carbocycles. The van der Waals surface area contributed by atoms with E-state index < -0.39 is 11.6 Å². The largest absolute Gasteiger partial charge is 0.311 e. The Morgan fingerprint density at radius 1 is 1.24 bits per heavy atom. The first-order valence-corrected chi connectivity index (χ1v) is 5.47. The minimum absolute atomic E-state index is 0.0387. The predicted molar refractivity (Wildman–Crippen MR) is 58.9 cm³/mol. The van der Waals surface area contributed by atoms with Crippen LogP contribution < -0.4 is 5.32 Å². The Hall–Kier alpha value is -1.75. The molecule has 88 valence electrons. The lowest BCUT2D eigenvalue weighted by molar-refractivity contribution is 0.560. The number of hydrogen-bond acceptors (Lipinski definition) is 2. The van der Waals surface area contributed by atoms with Crippen molar-refractivity contribution in [1.29, 1.82) is 0 Å². The van der Waals surface area contributed by atoms with Gasteiger partial charge in [-0.1, -0.05) is 6.07 Å². The topological polar surface area (TPSA) is 29.9 Å². The summed E-state index contributed by atoms with van der Waals surface area (Å²) in [4.78, 5) is 4.18. The Morgan fingerprint density at radius 3 is 2.76 bits per heavy atom. The molecule has 0 aliphatic carbocycles. The maximum absolute atomic E-state index is 13.7. The molecule has 2 aromatic rings. The van der Waals surface area contributed by atoms with Crippen LogP contribution in [-0.2, 0) is 13.0 Å². The maximum Gasteiger partial charge on any atom is 0.150 e. The molecule has 1 aromatic carbocycles. The van der Waals surface area contributed by atoms with Crippen molar-refractivity contribution < 1.29 is 8.78 Å². The van der Waals surface area contributed by atoms with Crippen LogP contribution >= 0.6 is 0 Å². The van der Waals surface area contributed by atoms with E-state index in [0.29, 0.717) is 6.54 Å². The van der Waals surface area contributed by atoms with E-state index in [2.05, 4.69) is 10.3 Å². The number of nitrogens with zero attached hydrogens (tertiary/aromatic N) is 2. The van der Waals surface area contributed by atoms with Crippen molar-refractivity contribution in [3.63, 3.8) is 0 Å². The Bertz CT molecular complexity index is 543. The first-order valence-electron chi connectivity index (χ1n) is 5.47. The normalized spacial score (nSPS) is 14.7. The number of imidazole rings is 1. The molecule has 0 radical (unpaired) electrons. The predicted octanol–water partition coefficient (Wildman–Crippen LogP) is 1.80. The Morgan fingerprint density at radius 2 is 2.00 bits per heavy atom. The zero-order chi connectivity index (χ0) is 11.8. The minimum Gasteiger partial charge on any atom is -0.311 e. The third kappa shape index (κ3) is 1.63. The molecule has 5 heteroatoms. The van der Waals surface area contributed by atoms with E-state index in [1.807, 2.05) is 0 Å². The van der Waals surface area contributed by atoms with Crippen LogP contribution in [-0.4, -0.2) is 16.1 Å². The quantitative estimate of drug-likeness (QED) is 0.816. The van der Waals surface area contributed by atoms with Crippen LogP contribution in [0.25, 0.3) is 5.69 Å². The molecule has 2 heterocycles. The van der Waals surface area contributed by atoms with E-state index in [-0.39, 0.29) is 5.69 Å². The molecule has 0 spiro atoms. The number of halogens is 2. The lowest BCUT2D eigenvalue weighted by atomic mass is 10.1. The molecule has 1 N–H and O–H groups in total. The zero-order valence-electron chi connectivity index (χ0n) is 9.08. The fourth-order valence-electron chi connectivity index (χ4n) is 2.15. The SMILES string of the molecule is Fc1cccc(F)c1-n1cnc2c1CCNC2. The highest BCUT2D eigenvalue weighted by molar-refractivity contribution is 5.38. The molecule has 17 heavy (non-hydrogen) atoms.